The first-order valence-electron chi connectivity index (χ1n) is 11.9. The van der Waals surface area contributed by atoms with Crippen molar-refractivity contribution in [3.63, 3.8) is 0 Å². The van der Waals surface area contributed by atoms with Crippen molar-refractivity contribution in [3.05, 3.63) is 100 Å². The number of hydrogen-bond donors (Lipinski definition) is 3. The van der Waals surface area contributed by atoms with E-state index in [2.05, 4.69) is 20.3 Å². The Kier molecular flexibility index (Phi) is 7.57. The van der Waals surface area contributed by atoms with Gasteiger partial charge in [0, 0.05) is 24.9 Å². The molecule has 3 aromatic heterocycles. The van der Waals surface area contributed by atoms with E-state index in [0.29, 0.717) is 10.9 Å². The Bertz CT molecular complexity index is 1740. The molecule has 0 fully saturated rings. The summed E-state index contributed by atoms with van der Waals surface area (Å²) in [7, 11) is 0. The maximum absolute atomic E-state index is 15.0. The molecule has 0 bridgehead atoms. The van der Waals surface area contributed by atoms with Crippen LogP contribution in [0.15, 0.2) is 71.8 Å². The molecule has 40 heavy (non-hydrogen) atoms. The number of fused-ring (bicyclic) bond motifs is 1. The number of rotatable bonds is 10. The number of aliphatic hydroxyl groups excluding tert-OH is 2. The van der Waals surface area contributed by atoms with Gasteiger partial charge >= 0.3 is 0 Å². The molecule has 0 saturated carbocycles. The number of carbonyl (C=O) groups is 1. The molecule has 0 unspecified atom stereocenters. The van der Waals surface area contributed by atoms with Crippen LogP contribution in [0.5, 0.6) is 17.4 Å². The zero-order valence-electron chi connectivity index (χ0n) is 20.6. The Morgan fingerprint density at radius 3 is 2.60 bits per heavy atom. The van der Waals surface area contributed by atoms with Crippen LogP contribution < -0.4 is 15.0 Å². The highest BCUT2D eigenvalue weighted by Crippen LogP contribution is 2.35. The second-order valence-electron chi connectivity index (χ2n) is 8.61. The second kappa shape index (κ2) is 11.4. The Morgan fingerprint density at radius 2 is 1.85 bits per heavy atom. The smallest absolute Gasteiger partial charge is 0.282 e. The van der Waals surface area contributed by atoms with Gasteiger partial charge in [0.1, 0.15) is 29.7 Å². The van der Waals surface area contributed by atoms with Gasteiger partial charge in [0.2, 0.25) is 5.88 Å². The number of carbonyl (C=O) groups excluding carboxylic acids is 1. The zero-order chi connectivity index (χ0) is 28.2. The van der Waals surface area contributed by atoms with Crippen molar-refractivity contribution in [1.29, 1.82) is 0 Å². The predicted molar refractivity (Wildman–Crippen MR) is 137 cm³/mol. The molecule has 0 aliphatic carbocycles. The third-order valence-electron chi connectivity index (χ3n) is 5.81. The summed E-state index contributed by atoms with van der Waals surface area (Å²) in [5.74, 6) is -1.77. The van der Waals surface area contributed by atoms with Gasteiger partial charge in [-0.15, -0.1) is 5.10 Å². The van der Waals surface area contributed by atoms with Crippen molar-refractivity contribution in [3.8, 4) is 23.1 Å². The number of halogens is 2. The van der Waals surface area contributed by atoms with Crippen LogP contribution in [-0.4, -0.2) is 60.3 Å². The van der Waals surface area contributed by atoms with Crippen LogP contribution in [-0.2, 0) is 6.42 Å². The molecule has 13 heteroatoms. The third-order valence-corrected chi connectivity index (χ3v) is 5.81. The zero-order valence-corrected chi connectivity index (χ0v) is 20.6. The van der Waals surface area contributed by atoms with Crippen molar-refractivity contribution in [1.82, 2.24) is 25.0 Å². The maximum atomic E-state index is 15.0. The summed E-state index contributed by atoms with van der Waals surface area (Å²) < 4.78 is 40.4. The lowest BCUT2D eigenvalue weighted by Gasteiger charge is -2.11. The summed E-state index contributed by atoms with van der Waals surface area (Å²) in [6.07, 6.45) is 1.30. The lowest BCUT2D eigenvalue weighted by molar-refractivity contribution is 0.0525. The third kappa shape index (κ3) is 5.55. The van der Waals surface area contributed by atoms with E-state index in [1.165, 1.54) is 60.9 Å². The number of H-pyrrole nitrogens is 1. The Morgan fingerprint density at radius 1 is 1.05 bits per heavy atom. The van der Waals surface area contributed by atoms with E-state index in [0.717, 1.165) is 10.7 Å². The van der Waals surface area contributed by atoms with Crippen LogP contribution in [0.25, 0.3) is 16.7 Å². The summed E-state index contributed by atoms with van der Waals surface area (Å²) >= 11 is 0. The maximum Gasteiger partial charge on any atom is 0.282 e. The van der Waals surface area contributed by atoms with Crippen molar-refractivity contribution in [2.24, 2.45) is 0 Å². The van der Waals surface area contributed by atoms with Crippen LogP contribution in [0.2, 0.25) is 0 Å². The minimum Gasteiger partial charge on any atom is -0.473 e. The number of ketones is 1. The van der Waals surface area contributed by atoms with Gasteiger partial charge in [-0.2, -0.15) is 9.78 Å². The number of nitrogens with zero attached hydrogens (tertiary/aromatic N) is 4. The molecule has 204 valence electrons. The Labute approximate surface area is 224 Å². The molecule has 1 atom stereocenters. The highest BCUT2D eigenvalue weighted by atomic mass is 19.1. The van der Waals surface area contributed by atoms with E-state index in [4.69, 9.17) is 14.6 Å². The molecular weight excluding hydrogens is 528 g/mol. The summed E-state index contributed by atoms with van der Waals surface area (Å²) in [6, 6.07) is 11.8. The number of aromatic amines is 1. The van der Waals surface area contributed by atoms with Crippen molar-refractivity contribution in [2.75, 3.05) is 13.2 Å². The molecule has 3 heterocycles. The van der Waals surface area contributed by atoms with E-state index >= 15 is 4.39 Å². The van der Waals surface area contributed by atoms with Crippen LogP contribution >= 0.6 is 0 Å². The normalized spacial score (nSPS) is 11.9. The summed E-state index contributed by atoms with van der Waals surface area (Å²) in [6.45, 7) is -0.746. The summed E-state index contributed by atoms with van der Waals surface area (Å²) in [5, 5.41) is 29.4. The lowest BCUT2D eigenvalue weighted by atomic mass is 10.0. The molecule has 5 rings (SSSR count). The van der Waals surface area contributed by atoms with E-state index in [9.17, 15) is 19.1 Å². The van der Waals surface area contributed by atoms with Crippen LogP contribution in [0.3, 0.4) is 0 Å². The summed E-state index contributed by atoms with van der Waals surface area (Å²) in [5.41, 5.74) is 0.0281. The Hall–Kier alpha value is -5.01. The molecule has 0 aliphatic heterocycles. The summed E-state index contributed by atoms with van der Waals surface area (Å²) in [4.78, 5) is 29.9. The van der Waals surface area contributed by atoms with Crippen molar-refractivity contribution in [2.45, 2.75) is 12.5 Å². The van der Waals surface area contributed by atoms with E-state index in [1.54, 1.807) is 0 Å². The number of hydrogen-bond acceptors (Lipinski definition) is 9. The minimum absolute atomic E-state index is 0.0388. The fourth-order valence-corrected chi connectivity index (χ4v) is 3.84. The number of nitrogens with one attached hydrogen (secondary N) is 1. The molecule has 0 spiro atoms. The number of Topliss-reactive ketones (excluding diaryl/α,β-unsaturated/α-hetero) is 1. The molecule has 5 aromatic rings. The topological polar surface area (TPSA) is 152 Å². The monoisotopic (exact) mass is 549 g/mol. The van der Waals surface area contributed by atoms with Crippen LogP contribution in [0.1, 0.15) is 15.9 Å². The molecular formula is C27H21F2N5O6. The molecule has 0 radical (unpaired) electrons. The first kappa shape index (κ1) is 26.6. The number of aromatic nitrogens is 5. The molecule has 2 aromatic carbocycles. The average molecular weight is 549 g/mol. The van der Waals surface area contributed by atoms with Crippen molar-refractivity contribution < 1.29 is 33.3 Å². The van der Waals surface area contributed by atoms with E-state index in [-0.39, 0.29) is 47.3 Å². The standard InChI is InChI=1S/C27H21F2N5O6/c28-16-2-4-17(5-3-16)34-27(38)19(7-10-31-34)21(37)12-15-1-6-22(20(29)11-15)40-23-8-9-30-25-24(23)26(33-32-25)39-14-18(36)13-35/h1-11,18,35-36H,12-14H2,(H,30,32,33)/t18-/m0/s1. The predicted octanol–water partition coefficient (Wildman–Crippen LogP) is 2.73. The van der Waals surface area contributed by atoms with Gasteiger partial charge in [-0.25, -0.2) is 13.8 Å². The number of aliphatic hydroxyl groups is 2. The Balaban J connectivity index is 1.35. The highest BCUT2D eigenvalue weighted by Gasteiger charge is 2.19. The average Bonchev–Trinajstić information content (AvgIpc) is 3.38. The number of benzene rings is 2. The molecule has 11 nitrogen and oxygen atoms in total. The van der Waals surface area contributed by atoms with Gasteiger partial charge in [-0.05, 0) is 48.0 Å². The second-order valence-corrected chi connectivity index (χ2v) is 8.61. The van der Waals surface area contributed by atoms with E-state index in [1.807, 2.05) is 0 Å². The molecule has 0 saturated heterocycles. The van der Waals surface area contributed by atoms with Gasteiger partial charge in [0.15, 0.2) is 23.0 Å². The minimum atomic E-state index is -1.13. The van der Waals surface area contributed by atoms with E-state index < -0.39 is 35.7 Å². The van der Waals surface area contributed by atoms with Gasteiger partial charge < -0.3 is 19.7 Å². The molecule has 0 amide bonds. The number of ether oxygens (including phenoxy) is 2. The highest BCUT2D eigenvalue weighted by molar-refractivity contribution is 5.97. The lowest BCUT2D eigenvalue weighted by Crippen LogP contribution is -2.27. The molecule has 3 N–H and O–H groups in total. The fraction of sp³-hybridized carbons (Fsp3) is 0.148. The number of pyridine rings is 1. The van der Waals surface area contributed by atoms with Crippen LogP contribution in [0.4, 0.5) is 8.78 Å². The van der Waals surface area contributed by atoms with Gasteiger partial charge in [-0.3, -0.25) is 14.7 Å². The van der Waals surface area contributed by atoms with Crippen molar-refractivity contribution >= 4 is 16.8 Å². The SMILES string of the molecule is O=C(Cc1ccc(Oc2ccnc3[nH]nc(OC[C@@H](O)CO)c23)c(F)c1)c1ccnn(-c2ccc(F)cc2)c1=O. The van der Waals surface area contributed by atoms with Gasteiger partial charge in [0.05, 0.1) is 17.9 Å². The van der Waals surface area contributed by atoms with Gasteiger partial charge in [0.25, 0.3) is 5.56 Å². The quantitative estimate of drug-likeness (QED) is 0.223. The molecule has 0 aliphatic rings. The largest absolute Gasteiger partial charge is 0.473 e. The first-order valence-corrected chi connectivity index (χ1v) is 11.9. The fourth-order valence-electron chi connectivity index (χ4n) is 3.84. The van der Waals surface area contributed by atoms with Crippen LogP contribution in [0, 0.1) is 11.6 Å². The van der Waals surface area contributed by atoms with Gasteiger partial charge in [-0.1, -0.05) is 6.07 Å². The first-order chi connectivity index (χ1) is 19.3.